The van der Waals surface area contributed by atoms with Crippen LogP contribution < -0.4 is 5.32 Å². The average molecular weight is 365 g/mol. The highest BCUT2D eigenvalue weighted by Gasteiger charge is 2.28. The molecule has 0 atom stereocenters. The highest BCUT2D eigenvalue weighted by molar-refractivity contribution is 5.96. The van der Waals surface area contributed by atoms with E-state index in [9.17, 15) is 18.0 Å². The number of aromatic nitrogens is 1. The maximum atomic E-state index is 12.4. The first-order valence-corrected chi connectivity index (χ1v) is 8.62. The average Bonchev–Trinajstić information content (AvgIpc) is 2.91. The Hall–Kier alpha value is -2.28. The largest absolute Gasteiger partial charge is 0.390 e. The number of hydrogen-bond acceptors (Lipinski definition) is 2. The van der Waals surface area contributed by atoms with E-state index in [0.29, 0.717) is 12.1 Å². The molecule has 0 fully saturated rings. The minimum absolute atomic E-state index is 0.403. The molecule has 1 aromatic carbocycles. The van der Waals surface area contributed by atoms with Crippen LogP contribution in [0, 0.1) is 0 Å². The molecule has 2 aromatic rings. The third-order valence-electron chi connectivity index (χ3n) is 4.66. The molecule has 0 radical (unpaired) electrons. The van der Waals surface area contributed by atoms with E-state index in [1.165, 1.54) is 5.56 Å². The summed E-state index contributed by atoms with van der Waals surface area (Å²) in [7, 11) is 1.87. The van der Waals surface area contributed by atoms with Gasteiger partial charge in [0.25, 0.3) is 5.91 Å². The highest BCUT2D eigenvalue weighted by atomic mass is 19.4. The molecule has 140 valence electrons. The second-order valence-electron chi connectivity index (χ2n) is 6.65. The molecule has 1 N–H and O–H groups in total. The predicted octanol–water partition coefficient (Wildman–Crippen LogP) is 3.27. The van der Waals surface area contributed by atoms with E-state index >= 15 is 0 Å². The van der Waals surface area contributed by atoms with Crippen molar-refractivity contribution in [2.24, 2.45) is 7.05 Å². The molecular formula is C19H22F3N3O. The molecule has 3 rings (SSSR count). The fourth-order valence-electron chi connectivity index (χ4n) is 3.37. The van der Waals surface area contributed by atoms with Crippen molar-refractivity contribution in [1.82, 2.24) is 14.8 Å². The minimum atomic E-state index is -4.27. The zero-order valence-electron chi connectivity index (χ0n) is 14.6. The Kier molecular flexibility index (Phi) is 5.36. The number of fused-ring (bicyclic) bond motifs is 1. The maximum absolute atomic E-state index is 12.4. The molecule has 0 saturated carbocycles. The summed E-state index contributed by atoms with van der Waals surface area (Å²) in [6, 6.07) is 10.1. The Labute approximate surface area is 150 Å². The molecular weight excluding hydrogens is 343 g/mol. The number of carbonyl (C=O) groups is 1. The van der Waals surface area contributed by atoms with Crippen LogP contribution in [-0.2, 0) is 26.6 Å². The Morgan fingerprint density at radius 1 is 1.23 bits per heavy atom. The monoisotopic (exact) mass is 365 g/mol. The van der Waals surface area contributed by atoms with Crippen molar-refractivity contribution in [2.45, 2.75) is 32.1 Å². The van der Waals surface area contributed by atoms with E-state index in [0.717, 1.165) is 30.8 Å². The lowest BCUT2D eigenvalue weighted by atomic mass is 10.0. The zero-order chi connectivity index (χ0) is 18.7. The number of carbonyl (C=O) groups excluding carboxylic acids is 1. The lowest BCUT2D eigenvalue weighted by molar-refractivity contribution is -0.132. The SMILES string of the molecule is Cn1cc(C(=O)NCCC(F)(F)F)c2c1CCN(Cc1ccccc1)C2. The van der Waals surface area contributed by atoms with E-state index in [2.05, 4.69) is 22.3 Å². The van der Waals surface area contributed by atoms with Gasteiger partial charge in [-0.1, -0.05) is 30.3 Å². The van der Waals surface area contributed by atoms with Gasteiger partial charge < -0.3 is 9.88 Å². The van der Waals surface area contributed by atoms with Gasteiger partial charge in [-0.25, -0.2) is 0 Å². The van der Waals surface area contributed by atoms with Crippen LogP contribution in [-0.4, -0.2) is 34.6 Å². The molecule has 0 aliphatic carbocycles. The molecule has 7 heteroatoms. The van der Waals surface area contributed by atoms with Crippen molar-refractivity contribution in [2.75, 3.05) is 13.1 Å². The molecule has 1 aromatic heterocycles. The van der Waals surface area contributed by atoms with Crippen molar-refractivity contribution in [3.05, 3.63) is 58.9 Å². The fourth-order valence-corrected chi connectivity index (χ4v) is 3.37. The molecule has 4 nitrogen and oxygen atoms in total. The van der Waals surface area contributed by atoms with Gasteiger partial charge in [0.1, 0.15) is 0 Å². The Morgan fingerprint density at radius 2 is 1.96 bits per heavy atom. The summed E-state index contributed by atoms with van der Waals surface area (Å²) < 4.78 is 38.8. The van der Waals surface area contributed by atoms with Crippen LogP contribution in [0.3, 0.4) is 0 Å². The van der Waals surface area contributed by atoms with Crippen molar-refractivity contribution < 1.29 is 18.0 Å². The van der Waals surface area contributed by atoms with E-state index < -0.39 is 25.0 Å². The van der Waals surface area contributed by atoms with Gasteiger partial charge in [-0.2, -0.15) is 13.2 Å². The molecule has 0 spiro atoms. The first-order valence-electron chi connectivity index (χ1n) is 8.62. The molecule has 1 aliphatic rings. The molecule has 0 bridgehead atoms. The topological polar surface area (TPSA) is 37.3 Å². The quantitative estimate of drug-likeness (QED) is 0.883. The van der Waals surface area contributed by atoms with E-state index in [4.69, 9.17) is 0 Å². The van der Waals surface area contributed by atoms with Crippen LogP contribution in [0.15, 0.2) is 36.5 Å². The number of halogens is 3. The number of hydrogen-bond donors (Lipinski definition) is 1. The molecule has 0 unspecified atom stereocenters. The Morgan fingerprint density at radius 3 is 2.65 bits per heavy atom. The third-order valence-corrected chi connectivity index (χ3v) is 4.66. The Balaban J connectivity index is 1.69. The first-order chi connectivity index (χ1) is 12.3. The van der Waals surface area contributed by atoms with Gasteiger partial charge in [0.05, 0.1) is 12.0 Å². The Bertz CT molecular complexity index is 768. The number of aryl methyl sites for hydroxylation is 1. The second-order valence-corrected chi connectivity index (χ2v) is 6.65. The van der Waals surface area contributed by atoms with Crippen molar-refractivity contribution in [3.8, 4) is 0 Å². The molecule has 2 heterocycles. The van der Waals surface area contributed by atoms with Gasteiger partial charge in [-0.05, 0) is 11.1 Å². The third kappa shape index (κ3) is 4.46. The van der Waals surface area contributed by atoms with Gasteiger partial charge in [0.15, 0.2) is 0 Å². The van der Waals surface area contributed by atoms with Crippen LogP contribution in [0.5, 0.6) is 0 Å². The van der Waals surface area contributed by atoms with Crippen LogP contribution in [0.4, 0.5) is 13.2 Å². The van der Waals surface area contributed by atoms with Crippen LogP contribution in [0.25, 0.3) is 0 Å². The van der Waals surface area contributed by atoms with Crippen molar-refractivity contribution >= 4 is 5.91 Å². The van der Waals surface area contributed by atoms with Gasteiger partial charge in [0.2, 0.25) is 0 Å². The van der Waals surface area contributed by atoms with Gasteiger partial charge in [0, 0.05) is 51.5 Å². The number of rotatable bonds is 5. The molecule has 1 aliphatic heterocycles. The first kappa shape index (κ1) is 18.5. The summed E-state index contributed by atoms with van der Waals surface area (Å²) in [5.41, 5.74) is 3.67. The van der Waals surface area contributed by atoms with Crippen LogP contribution in [0.1, 0.15) is 33.6 Å². The van der Waals surface area contributed by atoms with Gasteiger partial charge >= 0.3 is 6.18 Å². The second kappa shape index (κ2) is 7.53. The van der Waals surface area contributed by atoms with Crippen molar-refractivity contribution in [1.29, 1.82) is 0 Å². The van der Waals surface area contributed by atoms with E-state index in [1.54, 1.807) is 6.20 Å². The summed E-state index contributed by atoms with van der Waals surface area (Å²) in [5.74, 6) is -0.437. The van der Waals surface area contributed by atoms with Crippen LogP contribution in [0.2, 0.25) is 0 Å². The summed E-state index contributed by atoms with van der Waals surface area (Å²) >= 11 is 0. The van der Waals surface area contributed by atoms with Gasteiger partial charge in [-0.15, -0.1) is 0 Å². The number of benzene rings is 1. The smallest absolute Gasteiger partial charge is 0.353 e. The number of amides is 1. The number of nitrogens with zero attached hydrogens (tertiary/aromatic N) is 2. The predicted molar refractivity (Wildman–Crippen MR) is 92.7 cm³/mol. The molecule has 1 amide bonds. The lowest BCUT2D eigenvalue weighted by Gasteiger charge is -2.28. The number of nitrogens with one attached hydrogen (secondary N) is 1. The molecule has 0 saturated heterocycles. The zero-order valence-corrected chi connectivity index (χ0v) is 14.6. The lowest BCUT2D eigenvalue weighted by Crippen LogP contribution is -2.33. The normalized spacial score (nSPS) is 14.9. The summed E-state index contributed by atoms with van der Waals surface area (Å²) in [6.45, 7) is 1.88. The maximum Gasteiger partial charge on any atom is 0.390 e. The standard InChI is InChI=1S/C19H22F3N3O/c1-24-12-16(18(26)23-9-8-19(20,21)22)15-13-25(10-7-17(15)24)11-14-5-3-2-4-6-14/h2-6,12H,7-11,13H2,1H3,(H,23,26). The van der Waals surface area contributed by atoms with E-state index in [1.807, 2.05) is 29.8 Å². The van der Waals surface area contributed by atoms with Gasteiger partial charge in [-0.3, -0.25) is 9.69 Å². The molecule has 26 heavy (non-hydrogen) atoms. The highest BCUT2D eigenvalue weighted by Crippen LogP contribution is 2.25. The number of alkyl halides is 3. The minimum Gasteiger partial charge on any atom is -0.353 e. The summed E-state index contributed by atoms with van der Waals surface area (Å²) in [5, 5.41) is 2.39. The summed E-state index contributed by atoms with van der Waals surface area (Å²) in [4.78, 5) is 14.6. The van der Waals surface area contributed by atoms with E-state index in [-0.39, 0.29) is 0 Å². The fraction of sp³-hybridized carbons (Fsp3) is 0.421. The van der Waals surface area contributed by atoms with Crippen LogP contribution >= 0.6 is 0 Å². The van der Waals surface area contributed by atoms with Crippen molar-refractivity contribution in [3.63, 3.8) is 0 Å². The summed E-state index contributed by atoms with van der Waals surface area (Å²) in [6.07, 6.45) is -2.75.